The van der Waals surface area contributed by atoms with Crippen LogP contribution in [0.25, 0.3) is 0 Å². The zero-order chi connectivity index (χ0) is 21.7. The quantitative estimate of drug-likeness (QED) is 0.587. The summed E-state index contributed by atoms with van der Waals surface area (Å²) >= 11 is 0. The van der Waals surface area contributed by atoms with Crippen molar-refractivity contribution in [2.75, 3.05) is 6.61 Å². The van der Waals surface area contributed by atoms with E-state index in [1.807, 2.05) is 6.08 Å². The molecule has 0 spiro atoms. The summed E-state index contributed by atoms with van der Waals surface area (Å²) in [5, 5.41) is 0. The van der Waals surface area contributed by atoms with E-state index < -0.39 is 0 Å². The lowest BCUT2D eigenvalue weighted by Gasteiger charge is -2.58. The molecule has 3 saturated carbocycles. The first-order chi connectivity index (χ1) is 14.2. The van der Waals surface area contributed by atoms with Crippen molar-refractivity contribution in [3.05, 3.63) is 11.6 Å². The number of carbonyl (C=O) groups is 2. The van der Waals surface area contributed by atoms with Crippen molar-refractivity contribution in [2.45, 2.75) is 85.7 Å². The van der Waals surface area contributed by atoms with Gasteiger partial charge in [-0.05, 0) is 72.8 Å². The van der Waals surface area contributed by atoms with E-state index >= 15 is 0 Å². The fourth-order valence-electron chi connectivity index (χ4n) is 7.02. The molecule has 0 bridgehead atoms. The first kappa shape index (κ1) is 21.8. The summed E-state index contributed by atoms with van der Waals surface area (Å²) in [4.78, 5) is 25.0. The summed E-state index contributed by atoms with van der Waals surface area (Å²) in [6, 6.07) is 0. The van der Waals surface area contributed by atoms with Gasteiger partial charge in [0.25, 0.3) is 0 Å². The Kier molecular flexibility index (Phi) is 5.77. The van der Waals surface area contributed by atoms with E-state index in [-0.39, 0.29) is 22.7 Å². The number of Topliss-reactive ketones (excluding diaryl/α,β-unsaturated/α-hetero) is 1. The molecule has 0 heterocycles. The Balaban J connectivity index is 1.60. The topological polar surface area (TPSA) is 43.4 Å². The average molecular weight is 411 g/mol. The molecule has 0 aliphatic heterocycles. The molecule has 0 aromatic carbocycles. The summed E-state index contributed by atoms with van der Waals surface area (Å²) in [6.07, 6.45) is 8.25. The first-order valence-corrected chi connectivity index (χ1v) is 12.0. The summed E-state index contributed by atoms with van der Waals surface area (Å²) in [7, 11) is 0. The number of carbonyl (C=O) groups excluding carboxylic acids is 2. The molecule has 0 aromatic heterocycles. The molecule has 0 N–H and O–H groups in total. The Labute approximate surface area is 182 Å². The Morgan fingerprint density at radius 2 is 1.80 bits per heavy atom. The molecular weight excluding hydrogens is 372 g/mol. The number of fused-ring (bicyclic) bond motifs is 5. The van der Waals surface area contributed by atoms with Crippen molar-refractivity contribution >= 4 is 11.6 Å². The molecular formula is C27H38O3. The van der Waals surface area contributed by atoms with Gasteiger partial charge in [-0.1, -0.05) is 46.5 Å². The van der Waals surface area contributed by atoms with Crippen molar-refractivity contribution in [1.29, 1.82) is 0 Å². The lowest BCUT2D eigenvalue weighted by molar-refractivity contribution is -0.135. The van der Waals surface area contributed by atoms with Gasteiger partial charge in [-0.15, -0.1) is 0 Å². The van der Waals surface area contributed by atoms with Crippen LogP contribution in [-0.4, -0.2) is 24.3 Å². The molecule has 3 heteroatoms. The monoisotopic (exact) mass is 410 g/mol. The van der Waals surface area contributed by atoms with Gasteiger partial charge in [0.2, 0.25) is 0 Å². The minimum absolute atomic E-state index is 0.0209. The Morgan fingerprint density at radius 1 is 1.07 bits per heavy atom. The maximum atomic E-state index is 12.7. The Morgan fingerprint density at radius 3 is 2.53 bits per heavy atom. The Hall–Kier alpha value is -1.40. The largest absolute Gasteiger partial charge is 0.361 e. The maximum Gasteiger partial charge on any atom is 0.155 e. The molecule has 7 atom stereocenters. The van der Waals surface area contributed by atoms with E-state index in [0.29, 0.717) is 48.4 Å². The number of rotatable bonds is 3. The van der Waals surface area contributed by atoms with Gasteiger partial charge in [0.05, 0.1) is 6.10 Å². The Bertz CT molecular complexity index is 812. The number of ether oxygens (including phenoxy) is 1. The summed E-state index contributed by atoms with van der Waals surface area (Å²) < 4.78 is 6.37. The van der Waals surface area contributed by atoms with Crippen molar-refractivity contribution in [3.63, 3.8) is 0 Å². The zero-order valence-corrected chi connectivity index (χ0v) is 19.4. The van der Waals surface area contributed by atoms with Crippen LogP contribution < -0.4 is 0 Å². The standard InChI is InChI=1S/C27H38O3/c1-17(2)18(3)7-6-14-30-24-16-20-21-8-9-25(29)27(21,5)13-11-22(20)26(4)12-10-19(28)15-23(24)26/h15,17-18,20-22,24H,8-14,16H2,1-5H3/t18?,20-,21-,22-,24+,26+,27-/m0/s1. The van der Waals surface area contributed by atoms with Gasteiger partial charge in [0, 0.05) is 24.2 Å². The van der Waals surface area contributed by atoms with Crippen LogP contribution >= 0.6 is 0 Å². The first-order valence-electron chi connectivity index (χ1n) is 12.0. The number of hydrogen-bond donors (Lipinski definition) is 0. The van der Waals surface area contributed by atoms with Gasteiger partial charge in [-0.2, -0.15) is 0 Å². The molecule has 3 fully saturated rings. The van der Waals surface area contributed by atoms with Crippen LogP contribution in [0.15, 0.2) is 11.6 Å². The van der Waals surface area contributed by atoms with Gasteiger partial charge in [-0.25, -0.2) is 0 Å². The molecule has 30 heavy (non-hydrogen) atoms. The third kappa shape index (κ3) is 3.50. The molecule has 4 rings (SSSR count). The SMILES string of the molecule is CC(C)C(C)C#CCO[C@@H]1C[C@@H]2[C@H](CC[C@]3(C)C(=O)CC[C@@H]23)[C@@]2(C)CCC(=O)C=C12. The molecule has 1 unspecified atom stereocenters. The summed E-state index contributed by atoms with van der Waals surface area (Å²) in [5.41, 5.74) is 1.10. The van der Waals surface area contributed by atoms with E-state index in [1.54, 1.807) is 0 Å². The highest BCUT2D eigenvalue weighted by Gasteiger charge is 2.60. The molecule has 3 nitrogen and oxygen atoms in total. The molecule has 0 saturated heterocycles. The molecule has 4 aliphatic rings. The second kappa shape index (κ2) is 7.94. The zero-order valence-electron chi connectivity index (χ0n) is 19.4. The van der Waals surface area contributed by atoms with Gasteiger partial charge < -0.3 is 4.74 Å². The molecule has 0 amide bonds. The predicted molar refractivity (Wildman–Crippen MR) is 119 cm³/mol. The van der Waals surface area contributed by atoms with E-state index in [0.717, 1.165) is 38.5 Å². The lowest BCUT2D eigenvalue weighted by Crippen LogP contribution is -2.54. The highest BCUT2D eigenvalue weighted by Crippen LogP contribution is 2.64. The number of hydrogen-bond acceptors (Lipinski definition) is 3. The van der Waals surface area contributed by atoms with Crippen LogP contribution in [0.4, 0.5) is 0 Å². The van der Waals surface area contributed by atoms with Crippen LogP contribution in [0.3, 0.4) is 0 Å². The van der Waals surface area contributed by atoms with Gasteiger partial charge in [-0.3, -0.25) is 9.59 Å². The van der Waals surface area contributed by atoms with Crippen molar-refractivity contribution < 1.29 is 14.3 Å². The average Bonchev–Trinajstić information content (AvgIpc) is 3.01. The lowest BCUT2D eigenvalue weighted by atomic mass is 9.47. The summed E-state index contributed by atoms with van der Waals surface area (Å²) in [6.45, 7) is 11.5. The van der Waals surface area contributed by atoms with Gasteiger partial charge in [0.15, 0.2) is 5.78 Å². The predicted octanol–water partition coefficient (Wildman–Crippen LogP) is 5.38. The van der Waals surface area contributed by atoms with E-state index in [4.69, 9.17) is 4.74 Å². The maximum absolute atomic E-state index is 12.7. The van der Waals surface area contributed by atoms with Crippen LogP contribution in [0.5, 0.6) is 0 Å². The molecule has 0 radical (unpaired) electrons. The highest BCUT2D eigenvalue weighted by atomic mass is 16.5. The van der Waals surface area contributed by atoms with Crippen LogP contribution in [-0.2, 0) is 14.3 Å². The second-order valence-corrected chi connectivity index (χ2v) is 11.2. The highest BCUT2D eigenvalue weighted by molar-refractivity contribution is 5.92. The van der Waals surface area contributed by atoms with Crippen molar-refractivity contribution in [3.8, 4) is 11.8 Å². The van der Waals surface area contributed by atoms with E-state index in [2.05, 4.69) is 46.5 Å². The molecule has 0 aromatic rings. The minimum Gasteiger partial charge on any atom is -0.361 e. The van der Waals surface area contributed by atoms with Crippen LogP contribution in [0.2, 0.25) is 0 Å². The molecule has 4 aliphatic carbocycles. The fraction of sp³-hybridized carbons (Fsp3) is 0.778. The van der Waals surface area contributed by atoms with Crippen LogP contribution in [0.1, 0.15) is 79.6 Å². The normalized spacial score (nSPS) is 41.3. The number of ketones is 2. The third-order valence-electron chi connectivity index (χ3n) is 9.35. The smallest absolute Gasteiger partial charge is 0.155 e. The molecule has 164 valence electrons. The van der Waals surface area contributed by atoms with Gasteiger partial charge in [0.1, 0.15) is 12.4 Å². The third-order valence-corrected chi connectivity index (χ3v) is 9.35. The second-order valence-electron chi connectivity index (χ2n) is 11.2. The minimum atomic E-state index is -0.139. The van der Waals surface area contributed by atoms with Crippen molar-refractivity contribution in [1.82, 2.24) is 0 Å². The fourth-order valence-corrected chi connectivity index (χ4v) is 7.02. The van der Waals surface area contributed by atoms with E-state index in [1.165, 1.54) is 5.57 Å². The summed E-state index contributed by atoms with van der Waals surface area (Å²) in [5.74, 6) is 9.69. The van der Waals surface area contributed by atoms with Crippen LogP contribution in [0, 0.1) is 52.3 Å². The van der Waals surface area contributed by atoms with Gasteiger partial charge >= 0.3 is 0 Å². The van der Waals surface area contributed by atoms with E-state index in [9.17, 15) is 9.59 Å². The van der Waals surface area contributed by atoms with Crippen molar-refractivity contribution in [2.24, 2.45) is 40.4 Å².